The maximum Gasteiger partial charge on any atom is 0.264 e. The van der Waals surface area contributed by atoms with Gasteiger partial charge in [0.05, 0.1) is 22.0 Å². The van der Waals surface area contributed by atoms with Crippen molar-refractivity contribution in [2.75, 3.05) is 41.4 Å². The highest BCUT2D eigenvalue weighted by atomic mass is 35.5. The molecule has 9 heteroatoms. The normalized spacial score (nSPS) is 10.7. The van der Waals surface area contributed by atoms with Crippen LogP contribution in [-0.2, 0) is 10.0 Å². The van der Waals surface area contributed by atoms with E-state index in [4.69, 9.17) is 5.73 Å². The Morgan fingerprint density at radius 1 is 0.871 bits per heavy atom. The van der Waals surface area contributed by atoms with E-state index in [1.165, 1.54) is 11.4 Å². The molecule has 0 aliphatic rings. The van der Waals surface area contributed by atoms with Crippen LogP contribution in [0.4, 0.5) is 22.7 Å². The Hall–Kier alpha value is -3.23. The van der Waals surface area contributed by atoms with Gasteiger partial charge in [0.25, 0.3) is 15.9 Å². The summed E-state index contributed by atoms with van der Waals surface area (Å²) in [7, 11) is 1.44. The molecule has 0 atom stereocenters. The number of rotatable bonds is 6. The molecular formula is C22H25ClN4O3S. The minimum atomic E-state index is -3.75. The molecule has 31 heavy (non-hydrogen) atoms. The van der Waals surface area contributed by atoms with Crippen molar-refractivity contribution in [2.24, 2.45) is 0 Å². The maximum atomic E-state index is 13.0. The molecular weight excluding hydrogens is 436 g/mol. The second kappa shape index (κ2) is 9.72. The molecule has 0 aliphatic heterocycles. The lowest BCUT2D eigenvalue weighted by Crippen LogP contribution is -2.27. The molecule has 0 aliphatic carbocycles. The highest BCUT2D eigenvalue weighted by Crippen LogP contribution is 2.25. The summed E-state index contributed by atoms with van der Waals surface area (Å²) in [5, 5.41) is 2.75. The van der Waals surface area contributed by atoms with Gasteiger partial charge >= 0.3 is 0 Å². The van der Waals surface area contributed by atoms with E-state index >= 15 is 0 Å². The van der Waals surface area contributed by atoms with E-state index in [0.717, 1.165) is 5.69 Å². The molecule has 164 valence electrons. The molecule has 0 heterocycles. The molecule has 0 spiro atoms. The van der Waals surface area contributed by atoms with Crippen molar-refractivity contribution in [1.29, 1.82) is 0 Å². The van der Waals surface area contributed by atoms with Gasteiger partial charge in [-0.2, -0.15) is 0 Å². The van der Waals surface area contributed by atoms with E-state index in [0.29, 0.717) is 22.6 Å². The van der Waals surface area contributed by atoms with E-state index < -0.39 is 10.0 Å². The molecule has 1 amide bonds. The minimum Gasteiger partial charge on any atom is -0.397 e. The lowest BCUT2D eigenvalue weighted by Gasteiger charge is -2.21. The Labute approximate surface area is 188 Å². The van der Waals surface area contributed by atoms with Crippen LogP contribution >= 0.6 is 12.4 Å². The van der Waals surface area contributed by atoms with E-state index in [1.807, 2.05) is 25.1 Å². The van der Waals surface area contributed by atoms with Gasteiger partial charge in [-0.1, -0.05) is 18.2 Å². The lowest BCUT2D eigenvalue weighted by atomic mass is 10.2. The number of nitrogens with one attached hydrogen (secondary N) is 1. The molecule has 0 radical (unpaired) electrons. The predicted molar refractivity (Wildman–Crippen MR) is 129 cm³/mol. The fourth-order valence-electron chi connectivity index (χ4n) is 2.85. The van der Waals surface area contributed by atoms with E-state index in [-0.39, 0.29) is 23.2 Å². The van der Waals surface area contributed by atoms with E-state index in [9.17, 15) is 13.2 Å². The Morgan fingerprint density at radius 2 is 1.52 bits per heavy atom. The van der Waals surface area contributed by atoms with Crippen LogP contribution in [0.15, 0.2) is 77.7 Å². The van der Waals surface area contributed by atoms with Gasteiger partial charge in [0.15, 0.2) is 0 Å². The summed E-state index contributed by atoms with van der Waals surface area (Å²) in [4.78, 5) is 14.5. The predicted octanol–water partition coefficient (Wildman–Crippen LogP) is 3.83. The van der Waals surface area contributed by atoms with E-state index in [1.54, 1.807) is 66.7 Å². The van der Waals surface area contributed by atoms with Gasteiger partial charge < -0.3 is 16.0 Å². The van der Waals surface area contributed by atoms with Crippen LogP contribution in [0, 0.1) is 0 Å². The number of amides is 1. The van der Waals surface area contributed by atoms with Crippen molar-refractivity contribution in [2.45, 2.75) is 4.90 Å². The number of anilines is 4. The third-order valence-corrected chi connectivity index (χ3v) is 6.48. The number of halogens is 1. The number of sulfonamides is 1. The highest BCUT2D eigenvalue weighted by Gasteiger charge is 2.22. The highest BCUT2D eigenvalue weighted by molar-refractivity contribution is 7.92. The molecule has 0 fully saturated rings. The molecule has 0 unspecified atom stereocenters. The summed E-state index contributed by atoms with van der Waals surface area (Å²) in [6.07, 6.45) is 0. The molecule has 3 rings (SSSR count). The monoisotopic (exact) mass is 460 g/mol. The van der Waals surface area contributed by atoms with Crippen LogP contribution in [0.5, 0.6) is 0 Å². The van der Waals surface area contributed by atoms with Crippen molar-refractivity contribution < 1.29 is 13.2 Å². The molecule has 0 saturated heterocycles. The SMILES string of the molecule is CN(C)c1cccc(S(=O)(=O)N(C)c2ccc(C(=O)Nc3ccccc3N)cc2)c1.Cl. The first-order valence-corrected chi connectivity index (χ1v) is 10.7. The van der Waals surface area contributed by atoms with Gasteiger partial charge in [-0.05, 0) is 54.6 Å². The third-order valence-electron chi connectivity index (χ3n) is 4.69. The molecule has 3 aromatic carbocycles. The molecule has 3 N–H and O–H groups in total. The first-order chi connectivity index (χ1) is 14.2. The number of nitrogens with zero attached hydrogens (tertiary/aromatic N) is 2. The summed E-state index contributed by atoms with van der Waals surface area (Å²) in [5.74, 6) is -0.330. The van der Waals surface area contributed by atoms with Crippen LogP contribution in [0.3, 0.4) is 0 Å². The first kappa shape index (κ1) is 24.0. The maximum absolute atomic E-state index is 13.0. The van der Waals surface area contributed by atoms with Gasteiger partial charge in [-0.15, -0.1) is 12.4 Å². The third kappa shape index (κ3) is 5.28. The van der Waals surface area contributed by atoms with Crippen molar-refractivity contribution in [3.05, 3.63) is 78.4 Å². The zero-order valence-electron chi connectivity index (χ0n) is 17.4. The van der Waals surface area contributed by atoms with Crippen molar-refractivity contribution >= 4 is 51.1 Å². The number of nitrogens with two attached hydrogens (primary N) is 1. The second-order valence-electron chi connectivity index (χ2n) is 6.95. The summed E-state index contributed by atoms with van der Waals surface area (Å²) < 4.78 is 27.2. The first-order valence-electron chi connectivity index (χ1n) is 9.22. The second-order valence-corrected chi connectivity index (χ2v) is 8.92. The average Bonchev–Trinajstić information content (AvgIpc) is 2.75. The Morgan fingerprint density at radius 3 is 2.13 bits per heavy atom. The van der Waals surface area contributed by atoms with Crippen LogP contribution in [-0.4, -0.2) is 35.5 Å². The lowest BCUT2D eigenvalue weighted by molar-refractivity contribution is 0.102. The number of carbonyl (C=O) groups is 1. The zero-order chi connectivity index (χ0) is 21.9. The number of carbonyl (C=O) groups excluding carboxylic acids is 1. The summed E-state index contributed by atoms with van der Waals surface area (Å²) in [5.41, 5.74) is 8.46. The number of hydrogen-bond acceptors (Lipinski definition) is 5. The molecule has 3 aromatic rings. The minimum absolute atomic E-state index is 0. The number of benzene rings is 3. The smallest absolute Gasteiger partial charge is 0.264 e. The summed E-state index contributed by atoms with van der Waals surface area (Å²) >= 11 is 0. The standard InChI is InChI=1S/C22H24N4O3S.ClH/c1-25(2)18-7-6-8-19(15-18)30(28,29)26(3)17-13-11-16(12-14-17)22(27)24-21-10-5-4-9-20(21)23;/h4-15H,23H2,1-3H3,(H,24,27);1H. The van der Waals surface area contributed by atoms with Crippen LogP contribution < -0.4 is 20.3 Å². The van der Waals surface area contributed by atoms with Crippen molar-refractivity contribution in [3.8, 4) is 0 Å². The van der Waals surface area contributed by atoms with Gasteiger partial charge in [0, 0.05) is 32.4 Å². The quantitative estimate of drug-likeness (QED) is 0.545. The van der Waals surface area contributed by atoms with Crippen molar-refractivity contribution in [1.82, 2.24) is 0 Å². The van der Waals surface area contributed by atoms with Crippen LogP contribution in [0.25, 0.3) is 0 Å². The molecule has 7 nitrogen and oxygen atoms in total. The molecule has 0 saturated carbocycles. The Balaban J connectivity index is 0.00000341. The van der Waals surface area contributed by atoms with Crippen LogP contribution in [0.1, 0.15) is 10.4 Å². The number of nitrogen functional groups attached to an aromatic ring is 1. The van der Waals surface area contributed by atoms with Crippen molar-refractivity contribution in [3.63, 3.8) is 0 Å². The zero-order valence-corrected chi connectivity index (χ0v) is 19.1. The Bertz CT molecular complexity index is 1170. The summed E-state index contributed by atoms with van der Waals surface area (Å²) in [6, 6.07) is 20.0. The van der Waals surface area contributed by atoms with Gasteiger partial charge in [-0.25, -0.2) is 8.42 Å². The fourth-order valence-corrected chi connectivity index (χ4v) is 4.08. The van der Waals surface area contributed by atoms with E-state index in [2.05, 4.69) is 5.32 Å². The fraction of sp³-hybridized carbons (Fsp3) is 0.136. The van der Waals surface area contributed by atoms with Crippen LogP contribution in [0.2, 0.25) is 0 Å². The van der Waals surface area contributed by atoms with Gasteiger partial charge in [-0.3, -0.25) is 9.10 Å². The topological polar surface area (TPSA) is 95.7 Å². The number of hydrogen-bond donors (Lipinski definition) is 2. The van der Waals surface area contributed by atoms with Gasteiger partial charge in [0.1, 0.15) is 0 Å². The number of para-hydroxylation sites is 2. The largest absolute Gasteiger partial charge is 0.397 e. The average molecular weight is 461 g/mol. The summed E-state index contributed by atoms with van der Waals surface area (Å²) in [6.45, 7) is 0. The molecule has 0 aromatic heterocycles. The molecule has 0 bridgehead atoms. The van der Waals surface area contributed by atoms with Gasteiger partial charge in [0.2, 0.25) is 0 Å². The Kier molecular flexibility index (Phi) is 7.54.